The van der Waals surface area contributed by atoms with Gasteiger partial charge in [0.2, 0.25) is 5.91 Å². The molecular weight excluding hydrogens is 492 g/mol. The predicted octanol–water partition coefficient (Wildman–Crippen LogP) is 3.37. The van der Waals surface area contributed by atoms with Gasteiger partial charge in [-0.1, -0.05) is 24.3 Å². The summed E-state index contributed by atoms with van der Waals surface area (Å²) in [4.78, 5) is 27.3. The van der Waals surface area contributed by atoms with Crippen LogP contribution in [0, 0.1) is 0 Å². The highest BCUT2D eigenvalue weighted by atomic mass is 16.5. The minimum absolute atomic E-state index is 0.0427. The Balaban J connectivity index is 1.56. The molecule has 2 N–H and O–H groups in total. The van der Waals surface area contributed by atoms with Crippen molar-refractivity contribution < 1.29 is 14.3 Å². The zero-order valence-electron chi connectivity index (χ0n) is 22.7. The summed E-state index contributed by atoms with van der Waals surface area (Å²) < 4.78 is 13.3. The number of carbonyl (C=O) groups is 1. The third-order valence-corrected chi connectivity index (χ3v) is 7.46. The van der Waals surface area contributed by atoms with Gasteiger partial charge in [0.15, 0.2) is 0 Å². The lowest BCUT2D eigenvalue weighted by atomic mass is 10.1. The lowest BCUT2D eigenvalue weighted by Gasteiger charge is -2.31. The topological polar surface area (TPSA) is 98.7 Å². The number of amides is 1. The Hall–Kier alpha value is -3.37. The van der Waals surface area contributed by atoms with Crippen molar-refractivity contribution in [2.45, 2.75) is 32.0 Å². The maximum Gasteiger partial charge on any atom is 0.242 e. The standard InChI is InChI=1S/C30H38N6O3/c1-38-22-28(25-9-4-6-13-32-25)35(15-7-5-12-31)20-26-30-24(11-14-33-26)23-8-2-3-10-27(23)36(30)21-29(37)34-16-18-39-19-17-34/h2-4,6,8-11,13-14,28H,5,7,12,15-22,31H2,1H3. The molecule has 0 bridgehead atoms. The van der Waals surface area contributed by atoms with Crippen LogP contribution in [0.25, 0.3) is 21.8 Å². The Kier molecular flexibility index (Phi) is 9.15. The molecule has 1 fully saturated rings. The first kappa shape index (κ1) is 27.2. The number of methoxy groups -OCH3 is 1. The zero-order chi connectivity index (χ0) is 27.0. The number of morpholine rings is 1. The molecule has 9 heteroatoms. The van der Waals surface area contributed by atoms with Crippen molar-refractivity contribution in [3.05, 3.63) is 72.3 Å². The molecule has 0 spiro atoms. The molecule has 206 valence electrons. The van der Waals surface area contributed by atoms with Gasteiger partial charge < -0.3 is 24.7 Å². The molecule has 39 heavy (non-hydrogen) atoms. The van der Waals surface area contributed by atoms with Gasteiger partial charge in [-0.25, -0.2) is 0 Å². The van der Waals surface area contributed by atoms with E-state index >= 15 is 0 Å². The fourth-order valence-corrected chi connectivity index (χ4v) is 5.51. The smallest absolute Gasteiger partial charge is 0.242 e. The van der Waals surface area contributed by atoms with E-state index in [0.717, 1.165) is 52.6 Å². The molecular formula is C30H38N6O3. The summed E-state index contributed by atoms with van der Waals surface area (Å²) in [7, 11) is 1.72. The first-order valence-electron chi connectivity index (χ1n) is 13.8. The van der Waals surface area contributed by atoms with E-state index in [9.17, 15) is 4.79 Å². The molecule has 1 saturated heterocycles. The van der Waals surface area contributed by atoms with E-state index in [1.54, 1.807) is 7.11 Å². The third kappa shape index (κ3) is 6.12. The highest BCUT2D eigenvalue weighted by molar-refractivity contribution is 6.09. The van der Waals surface area contributed by atoms with E-state index in [-0.39, 0.29) is 18.5 Å². The van der Waals surface area contributed by atoms with Gasteiger partial charge in [-0.3, -0.25) is 19.7 Å². The first-order chi connectivity index (χ1) is 19.2. The molecule has 1 aromatic carbocycles. The predicted molar refractivity (Wildman–Crippen MR) is 152 cm³/mol. The highest BCUT2D eigenvalue weighted by Gasteiger charge is 2.26. The number of unbranched alkanes of at least 4 members (excludes halogenated alkanes) is 1. The summed E-state index contributed by atoms with van der Waals surface area (Å²) >= 11 is 0. The van der Waals surface area contributed by atoms with Gasteiger partial charge in [0.05, 0.1) is 42.8 Å². The number of aromatic nitrogens is 3. The van der Waals surface area contributed by atoms with Crippen LogP contribution in [0.4, 0.5) is 0 Å². The molecule has 0 radical (unpaired) electrons. The Morgan fingerprint density at radius 1 is 1.05 bits per heavy atom. The average molecular weight is 531 g/mol. The highest BCUT2D eigenvalue weighted by Crippen LogP contribution is 2.32. The van der Waals surface area contributed by atoms with E-state index in [2.05, 4.69) is 32.7 Å². The minimum atomic E-state index is -0.0427. The molecule has 1 atom stereocenters. The number of para-hydroxylation sites is 1. The first-order valence-corrected chi connectivity index (χ1v) is 13.8. The van der Waals surface area contributed by atoms with Crippen LogP contribution in [0.2, 0.25) is 0 Å². The summed E-state index contributed by atoms with van der Waals surface area (Å²) in [5.74, 6) is 0.0984. The summed E-state index contributed by atoms with van der Waals surface area (Å²) in [6.45, 7) is 5.25. The maximum atomic E-state index is 13.4. The molecule has 4 aromatic rings. The second-order valence-corrected chi connectivity index (χ2v) is 9.94. The van der Waals surface area contributed by atoms with Crippen LogP contribution in [0.5, 0.6) is 0 Å². The number of hydrogen-bond donors (Lipinski definition) is 1. The van der Waals surface area contributed by atoms with Gasteiger partial charge >= 0.3 is 0 Å². The molecule has 0 saturated carbocycles. The van der Waals surface area contributed by atoms with Crippen molar-refractivity contribution in [1.29, 1.82) is 0 Å². The van der Waals surface area contributed by atoms with Gasteiger partial charge in [-0.2, -0.15) is 0 Å². The molecule has 1 amide bonds. The van der Waals surface area contributed by atoms with Crippen LogP contribution < -0.4 is 5.73 Å². The van der Waals surface area contributed by atoms with Gasteiger partial charge in [0.25, 0.3) is 0 Å². The number of pyridine rings is 2. The molecule has 3 aromatic heterocycles. The van der Waals surface area contributed by atoms with Crippen LogP contribution in [0.15, 0.2) is 60.9 Å². The van der Waals surface area contributed by atoms with E-state index in [1.165, 1.54) is 0 Å². The summed E-state index contributed by atoms with van der Waals surface area (Å²) in [5, 5.41) is 2.23. The summed E-state index contributed by atoms with van der Waals surface area (Å²) in [6.07, 6.45) is 5.59. The van der Waals surface area contributed by atoms with Crippen LogP contribution in [-0.2, 0) is 27.4 Å². The number of hydrogen-bond acceptors (Lipinski definition) is 7. The number of carbonyl (C=O) groups excluding carboxylic acids is 1. The molecule has 0 aliphatic carbocycles. The molecule has 1 aliphatic heterocycles. The third-order valence-electron chi connectivity index (χ3n) is 7.46. The number of ether oxygens (including phenoxy) is 2. The number of fused-ring (bicyclic) bond motifs is 3. The lowest BCUT2D eigenvalue weighted by Crippen LogP contribution is -2.42. The molecule has 5 rings (SSSR count). The number of nitrogens with zero attached hydrogens (tertiary/aromatic N) is 5. The minimum Gasteiger partial charge on any atom is -0.383 e. The van der Waals surface area contributed by atoms with Gasteiger partial charge in [0.1, 0.15) is 6.54 Å². The van der Waals surface area contributed by atoms with Gasteiger partial charge in [-0.05, 0) is 50.2 Å². The number of rotatable bonds is 12. The number of benzene rings is 1. The fourth-order valence-electron chi connectivity index (χ4n) is 5.51. The van der Waals surface area contributed by atoms with E-state index < -0.39 is 0 Å². The van der Waals surface area contributed by atoms with E-state index in [4.69, 9.17) is 20.2 Å². The van der Waals surface area contributed by atoms with E-state index in [0.29, 0.717) is 46.0 Å². The molecule has 1 unspecified atom stereocenters. The van der Waals surface area contributed by atoms with Crippen molar-refractivity contribution in [1.82, 2.24) is 24.3 Å². The molecule has 9 nitrogen and oxygen atoms in total. The normalized spacial score (nSPS) is 14.9. The fraction of sp³-hybridized carbons (Fsp3) is 0.433. The average Bonchev–Trinajstić information content (AvgIpc) is 3.30. The zero-order valence-corrected chi connectivity index (χ0v) is 22.7. The van der Waals surface area contributed by atoms with Crippen molar-refractivity contribution in [3.8, 4) is 0 Å². The van der Waals surface area contributed by atoms with Crippen LogP contribution in [-0.4, -0.2) is 83.4 Å². The second kappa shape index (κ2) is 13.1. The Morgan fingerprint density at radius 3 is 2.64 bits per heavy atom. The maximum absolute atomic E-state index is 13.4. The van der Waals surface area contributed by atoms with Crippen molar-refractivity contribution in [2.24, 2.45) is 5.73 Å². The van der Waals surface area contributed by atoms with Crippen molar-refractivity contribution in [2.75, 3.05) is 53.1 Å². The van der Waals surface area contributed by atoms with Crippen molar-refractivity contribution >= 4 is 27.7 Å². The largest absolute Gasteiger partial charge is 0.383 e. The monoisotopic (exact) mass is 530 g/mol. The van der Waals surface area contributed by atoms with Gasteiger partial charge in [-0.15, -0.1) is 0 Å². The molecule has 4 heterocycles. The summed E-state index contributed by atoms with van der Waals surface area (Å²) in [5.41, 5.74) is 9.78. The summed E-state index contributed by atoms with van der Waals surface area (Å²) in [6, 6.07) is 16.3. The van der Waals surface area contributed by atoms with Crippen LogP contribution in [0.3, 0.4) is 0 Å². The van der Waals surface area contributed by atoms with Crippen LogP contribution >= 0.6 is 0 Å². The van der Waals surface area contributed by atoms with E-state index in [1.807, 2.05) is 47.6 Å². The van der Waals surface area contributed by atoms with Crippen LogP contribution in [0.1, 0.15) is 30.3 Å². The Bertz CT molecular complexity index is 1370. The second-order valence-electron chi connectivity index (χ2n) is 9.94. The Labute approximate surface area is 229 Å². The molecule has 1 aliphatic rings. The van der Waals surface area contributed by atoms with Gasteiger partial charge in [0, 0.05) is 55.4 Å². The van der Waals surface area contributed by atoms with Crippen molar-refractivity contribution in [3.63, 3.8) is 0 Å². The lowest BCUT2D eigenvalue weighted by molar-refractivity contribution is -0.135. The quantitative estimate of drug-likeness (QED) is 0.281. The SMILES string of the molecule is COCC(c1ccccn1)N(CCCCN)Cc1nccc2c3ccccc3n(CC(=O)N3CCOCC3)c12. The number of nitrogens with two attached hydrogens (primary N) is 1. The Morgan fingerprint density at radius 2 is 1.87 bits per heavy atom.